The van der Waals surface area contributed by atoms with E-state index in [0.29, 0.717) is 5.56 Å². The summed E-state index contributed by atoms with van der Waals surface area (Å²) in [5.41, 5.74) is 0.111. The number of nitro groups is 2. The highest BCUT2D eigenvalue weighted by molar-refractivity contribution is 7.80. The fourth-order valence-corrected chi connectivity index (χ4v) is 2.36. The Labute approximate surface area is 162 Å². The zero-order chi connectivity index (χ0) is 20.0. The fraction of sp³-hybridized carbons (Fsp3) is 0. The van der Waals surface area contributed by atoms with Crippen LogP contribution < -0.4 is 10.6 Å². The van der Waals surface area contributed by atoms with Crippen LogP contribution in [0.1, 0.15) is 5.56 Å². The zero-order valence-electron chi connectivity index (χ0n) is 13.4. The Hall–Kier alpha value is -3.37. The third-order valence-corrected chi connectivity index (χ3v) is 3.59. The summed E-state index contributed by atoms with van der Waals surface area (Å²) in [6.45, 7) is 0. The molecule has 11 heteroatoms. The molecule has 0 unspecified atom stereocenters. The number of anilines is 1. The second-order valence-electron chi connectivity index (χ2n) is 5.05. The molecule has 9 nitrogen and oxygen atoms in total. The van der Waals surface area contributed by atoms with Crippen molar-refractivity contribution in [2.45, 2.75) is 0 Å². The lowest BCUT2D eigenvalue weighted by Crippen LogP contribution is -2.33. The Morgan fingerprint density at radius 2 is 1.85 bits per heavy atom. The first-order valence-electron chi connectivity index (χ1n) is 7.24. The zero-order valence-corrected chi connectivity index (χ0v) is 15.0. The van der Waals surface area contributed by atoms with E-state index < -0.39 is 15.8 Å². The van der Waals surface area contributed by atoms with Gasteiger partial charge < -0.3 is 5.32 Å². The Balaban J connectivity index is 2.02. The highest BCUT2D eigenvalue weighted by atomic mass is 35.5. The maximum absolute atomic E-state index is 11.9. The molecule has 0 atom stereocenters. The van der Waals surface area contributed by atoms with Crippen LogP contribution in [0.3, 0.4) is 0 Å². The van der Waals surface area contributed by atoms with Gasteiger partial charge in [0.05, 0.1) is 9.85 Å². The van der Waals surface area contributed by atoms with Gasteiger partial charge >= 0.3 is 0 Å². The average Bonchev–Trinajstić information content (AvgIpc) is 2.61. The molecular formula is C16H11ClN4O5S. The highest BCUT2D eigenvalue weighted by Gasteiger charge is 2.15. The molecule has 2 aromatic rings. The van der Waals surface area contributed by atoms with Crippen molar-refractivity contribution in [1.82, 2.24) is 5.32 Å². The second-order valence-corrected chi connectivity index (χ2v) is 5.89. The molecule has 0 aliphatic heterocycles. The number of nitro benzene ring substituents is 2. The van der Waals surface area contributed by atoms with Gasteiger partial charge in [-0.25, -0.2) is 0 Å². The molecule has 2 rings (SSSR count). The first-order valence-corrected chi connectivity index (χ1v) is 8.03. The van der Waals surface area contributed by atoms with Gasteiger partial charge in [0, 0.05) is 29.3 Å². The number of thiocarbonyl (C=S) groups is 1. The molecule has 2 N–H and O–H groups in total. The normalized spacial score (nSPS) is 10.4. The molecule has 0 radical (unpaired) electrons. The van der Waals surface area contributed by atoms with Crippen LogP contribution in [-0.2, 0) is 4.79 Å². The minimum atomic E-state index is -0.638. The van der Waals surface area contributed by atoms with Crippen LogP contribution in [0.15, 0.2) is 48.5 Å². The van der Waals surface area contributed by atoms with Crippen molar-refractivity contribution in [3.63, 3.8) is 0 Å². The molecule has 0 heterocycles. The smallest absolute Gasteiger partial charge is 0.294 e. The number of carbonyl (C=O) groups excluding carboxylic acids is 1. The van der Waals surface area contributed by atoms with Gasteiger partial charge in [-0.2, -0.15) is 0 Å². The fourth-order valence-electron chi connectivity index (χ4n) is 1.98. The van der Waals surface area contributed by atoms with Gasteiger partial charge in [-0.15, -0.1) is 0 Å². The van der Waals surface area contributed by atoms with E-state index in [1.165, 1.54) is 36.4 Å². The van der Waals surface area contributed by atoms with E-state index in [1.54, 1.807) is 6.07 Å². The van der Waals surface area contributed by atoms with E-state index in [0.717, 1.165) is 12.1 Å². The maximum Gasteiger partial charge on any atom is 0.294 e. The number of hydrogen-bond donors (Lipinski definition) is 2. The van der Waals surface area contributed by atoms with Crippen molar-refractivity contribution in [3.8, 4) is 0 Å². The quantitative estimate of drug-likeness (QED) is 0.335. The molecule has 0 saturated carbocycles. The summed E-state index contributed by atoms with van der Waals surface area (Å²) in [5, 5.41) is 26.7. The summed E-state index contributed by atoms with van der Waals surface area (Å²) < 4.78 is 0. The van der Waals surface area contributed by atoms with E-state index in [4.69, 9.17) is 23.8 Å². The number of halogens is 1. The Morgan fingerprint density at radius 3 is 2.52 bits per heavy atom. The molecule has 138 valence electrons. The minimum absolute atomic E-state index is 0.0670. The van der Waals surface area contributed by atoms with Gasteiger partial charge in [0.25, 0.3) is 11.4 Å². The van der Waals surface area contributed by atoms with E-state index >= 15 is 0 Å². The number of carbonyl (C=O) groups is 1. The standard InChI is InChI=1S/C16H11ClN4O5S/c17-11-5-6-13(14(9-11)21(25)26)18-16(27)19-15(22)7-4-10-2-1-3-12(8-10)20(23)24/h1-9H,(H2,18,19,22,27)/b7-4+. The average molecular weight is 407 g/mol. The third-order valence-electron chi connectivity index (χ3n) is 3.15. The van der Waals surface area contributed by atoms with Crippen LogP contribution in [-0.4, -0.2) is 20.9 Å². The molecule has 0 saturated heterocycles. The molecule has 0 aromatic heterocycles. The molecule has 0 aliphatic rings. The summed E-state index contributed by atoms with van der Waals surface area (Å²) in [5.74, 6) is -0.615. The summed E-state index contributed by atoms with van der Waals surface area (Å²) in [6, 6.07) is 9.65. The van der Waals surface area contributed by atoms with Crippen LogP contribution in [0.4, 0.5) is 17.1 Å². The number of nitrogens with one attached hydrogen (secondary N) is 2. The third kappa shape index (κ3) is 5.83. The summed E-state index contributed by atoms with van der Waals surface area (Å²) in [4.78, 5) is 32.5. The maximum atomic E-state index is 11.9. The Kier molecular flexibility index (Phi) is 6.52. The van der Waals surface area contributed by atoms with Crippen LogP contribution in [0.2, 0.25) is 5.02 Å². The predicted molar refractivity (Wildman–Crippen MR) is 105 cm³/mol. The molecule has 2 aromatic carbocycles. The topological polar surface area (TPSA) is 127 Å². The first kappa shape index (κ1) is 19.9. The largest absolute Gasteiger partial charge is 0.327 e. The predicted octanol–water partition coefficient (Wildman–Crippen LogP) is 3.68. The van der Waals surface area contributed by atoms with Gasteiger partial charge in [-0.1, -0.05) is 23.7 Å². The van der Waals surface area contributed by atoms with Crippen LogP contribution >= 0.6 is 23.8 Å². The molecule has 0 fully saturated rings. The number of non-ortho nitro benzene ring substituents is 1. The molecule has 0 spiro atoms. The van der Waals surface area contributed by atoms with Gasteiger partial charge in [0.15, 0.2) is 5.11 Å². The van der Waals surface area contributed by atoms with Crippen molar-refractivity contribution >= 4 is 58.0 Å². The molecule has 1 amide bonds. The lowest BCUT2D eigenvalue weighted by Gasteiger charge is -2.08. The van der Waals surface area contributed by atoms with Crippen molar-refractivity contribution in [3.05, 3.63) is 79.4 Å². The molecule has 0 aliphatic carbocycles. The van der Waals surface area contributed by atoms with Crippen molar-refractivity contribution in [1.29, 1.82) is 0 Å². The molecular weight excluding hydrogens is 396 g/mol. The number of benzene rings is 2. The number of hydrogen-bond acceptors (Lipinski definition) is 6. The lowest BCUT2D eigenvalue weighted by molar-refractivity contribution is -0.384. The number of nitrogens with zero attached hydrogens (tertiary/aromatic N) is 2. The van der Waals surface area contributed by atoms with Crippen molar-refractivity contribution in [2.75, 3.05) is 5.32 Å². The van der Waals surface area contributed by atoms with Crippen LogP contribution in [0.5, 0.6) is 0 Å². The Morgan fingerprint density at radius 1 is 1.11 bits per heavy atom. The SMILES string of the molecule is O=C(/C=C/c1cccc([N+](=O)[O-])c1)NC(=S)Nc1ccc(Cl)cc1[N+](=O)[O-]. The first-order chi connectivity index (χ1) is 12.8. The summed E-state index contributed by atoms with van der Waals surface area (Å²) >= 11 is 10.7. The van der Waals surface area contributed by atoms with Crippen LogP contribution in [0.25, 0.3) is 6.08 Å². The van der Waals surface area contributed by atoms with E-state index in [2.05, 4.69) is 10.6 Å². The van der Waals surface area contributed by atoms with Gasteiger partial charge in [0.2, 0.25) is 5.91 Å². The van der Waals surface area contributed by atoms with Gasteiger partial charge in [-0.05, 0) is 36.0 Å². The van der Waals surface area contributed by atoms with E-state index in [9.17, 15) is 25.0 Å². The van der Waals surface area contributed by atoms with Crippen molar-refractivity contribution < 1.29 is 14.6 Å². The Bertz CT molecular complexity index is 964. The molecule has 0 bridgehead atoms. The number of rotatable bonds is 5. The monoisotopic (exact) mass is 406 g/mol. The van der Waals surface area contributed by atoms with Crippen LogP contribution in [0, 0.1) is 20.2 Å². The lowest BCUT2D eigenvalue weighted by atomic mass is 10.2. The summed E-state index contributed by atoms with van der Waals surface area (Å²) in [6.07, 6.45) is 2.50. The van der Waals surface area contributed by atoms with E-state index in [1.807, 2.05) is 0 Å². The number of amides is 1. The highest BCUT2D eigenvalue weighted by Crippen LogP contribution is 2.27. The van der Waals surface area contributed by atoms with Gasteiger partial charge in [0.1, 0.15) is 5.69 Å². The summed E-state index contributed by atoms with van der Waals surface area (Å²) in [7, 11) is 0. The van der Waals surface area contributed by atoms with E-state index in [-0.39, 0.29) is 27.2 Å². The minimum Gasteiger partial charge on any atom is -0.327 e. The van der Waals surface area contributed by atoms with Gasteiger partial charge in [-0.3, -0.25) is 30.3 Å². The molecule has 27 heavy (non-hydrogen) atoms. The van der Waals surface area contributed by atoms with Crippen molar-refractivity contribution in [2.24, 2.45) is 0 Å². The second kappa shape index (κ2) is 8.83.